The molecule has 0 spiro atoms. The van der Waals surface area contributed by atoms with Crippen molar-refractivity contribution in [3.05, 3.63) is 18.1 Å². The lowest BCUT2D eigenvalue weighted by molar-refractivity contribution is 0.675. The van der Waals surface area contributed by atoms with Gasteiger partial charge in [0, 0.05) is 17.5 Å². The minimum Gasteiger partial charge on any atom is -0.282 e. The molecule has 0 saturated heterocycles. The van der Waals surface area contributed by atoms with E-state index >= 15 is 0 Å². The van der Waals surface area contributed by atoms with Crippen LogP contribution in [0.1, 0.15) is 12.6 Å². The summed E-state index contributed by atoms with van der Waals surface area (Å²) in [6.45, 7) is 2.02. The van der Waals surface area contributed by atoms with Gasteiger partial charge in [-0.15, -0.1) is 10.2 Å². The lowest BCUT2D eigenvalue weighted by Gasteiger charge is -1.99. The van der Waals surface area contributed by atoms with Crippen molar-refractivity contribution >= 4 is 10.8 Å². The molecule has 0 aliphatic carbocycles. The summed E-state index contributed by atoms with van der Waals surface area (Å²) >= 11 is 0. The first-order chi connectivity index (χ1) is 7.72. The predicted octanol–water partition coefficient (Wildman–Crippen LogP) is 0.561. The fourth-order valence-corrected chi connectivity index (χ4v) is 1.68. The third-order valence-electron chi connectivity index (χ3n) is 2.15. The first-order valence-corrected chi connectivity index (χ1v) is 6.34. The van der Waals surface area contributed by atoms with Gasteiger partial charge in [0.05, 0.1) is 23.2 Å². The predicted molar refractivity (Wildman–Crippen MR) is 59.1 cm³/mol. The Bertz CT molecular complexity index is 507. The maximum atomic E-state index is 11.1. The Kier molecular flexibility index (Phi) is 3.04. The quantitative estimate of drug-likeness (QED) is 0.843. The van der Waals surface area contributed by atoms with Gasteiger partial charge in [0.15, 0.2) is 0 Å². The summed E-state index contributed by atoms with van der Waals surface area (Å²) in [7, 11) is -1.20. The molecule has 84 valence electrons. The third kappa shape index (κ3) is 1.99. The zero-order valence-electron chi connectivity index (χ0n) is 8.97. The van der Waals surface area contributed by atoms with Crippen LogP contribution in [0.25, 0.3) is 11.3 Å². The van der Waals surface area contributed by atoms with Gasteiger partial charge in [0.1, 0.15) is 5.69 Å². The van der Waals surface area contributed by atoms with Crippen molar-refractivity contribution in [2.24, 2.45) is 0 Å². The molecule has 0 bridgehead atoms. The number of rotatable bonds is 3. The zero-order chi connectivity index (χ0) is 11.5. The summed E-state index contributed by atoms with van der Waals surface area (Å²) in [5.41, 5.74) is 2.51. The number of H-pyrrole nitrogens is 1. The molecule has 16 heavy (non-hydrogen) atoms. The number of aryl methyl sites for hydroxylation is 1. The number of hydrogen-bond donors (Lipinski definition) is 1. The van der Waals surface area contributed by atoms with Crippen molar-refractivity contribution in [1.82, 2.24) is 25.4 Å². The Morgan fingerprint density at radius 3 is 2.75 bits per heavy atom. The van der Waals surface area contributed by atoms with E-state index in [0.717, 1.165) is 17.7 Å². The van der Waals surface area contributed by atoms with Gasteiger partial charge in [-0.25, -0.2) is 4.98 Å². The summed E-state index contributed by atoms with van der Waals surface area (Å²) in [4.78, 5) is 3.99. The molecule has 0 fully saturated rings. The maximum absolute atomic E-state index is 11.1. The second-order valence-electron chi connectivity index (χ2n) is 3.20. The monoisotopic (exact) mass is 237 g/mol. The summed E-state index contributed by atoms with van der Waals surface area (Å²) in [6.07, 6.45) is 5.60. The average molecular weight is 237 g/mol. The van der Waals surface area contributed by atoms with Gasteiger partial charge in [0.2, 0.25) is 5.16 Å². The largest absolute Gasteiger partial charge is 0.282 e. The highest BCUT2D eigenvalue weighted by atomic mass is 32.2. The molecule has 0 aliphatic rings. The van der Waals surface area contributed by atoms with Crippen molar-refractivity contribution in [2.45, 2.75) is 18.5 Å². The Balaban J connectivity index is 2.38. The number of nitrogens with one attached hydrogen (secondary N) is 1. The van der Waals surface area contributed by atoms with Crippen molar-refractivity contribution in [1.29, 1.82) is 0 Å². The molecule has 6 nitrogen and oxygen atoms in total. The first-order valence-electron chi connectivity index (χ1n) is 4.78. The van der Waals surface area contributed by atoms with Gasteiger partial charge in [-0.05, 0) is 6.42 Å². The highest BCUT2D eigenvalue weighted by Crippen LogP contribution is 2.18. The molecule has 0 aliphatic heterocycles. The van der Waals surface area contributed by atoms with Crippen LogP contribution in [0.4, 0.5) is 0 Å². The van der Waals surface area contributed by atoms with Gasteiger partial charge in [-0.1, -0.05) is 6.92 Å². The molecule has 0 saturated carbocycles. The van der Waals surface area contributed by atoms with E-state index in [1.165, 1.54) is 6.26 Å². The highest BCUT2D eigenvalue weighted by molar-refractivity contribution is 7.84. The minimum absolute atomic E-state index is 0.241. The fourth-order valence-electron chi connectivity index (χ4n) is 1.32. The molecule has 7 heteroatoms. The summed E-state index contributed by atoms with van der Waals surface area (Å²) in [5, 5.41) is 14.9. The van der Waals surface area contributed by atoms with Crippen LogP contribution in [-0.2, 0) is 17.2 Å². The molecular weight excluding hydrogens is 226 g/mol. The van der Waals surface area contributed by atoms with Gasteiger partial charge >= 0.3 is 0 Å². The Morgan fingerprint density at radius 1 is 1.38 bits per heavy atom. The van der Waals surface area contributed by atoms with E-state index < -0.39 is 10.8 Å². The summed E-state index contributed by atoms with van der Waals surface area (Å²) in [5.74, 6) is 0. The standard InChI is InChI=1S/C9H11N5OS/c1-3-7-6(4-11-12-7)8-5-10-9(14-13-8)16(2)15/h4-5H,3H2,1-2H3,(H,11,12). The molecule has 1 atom stereocenters. The average Bonchev–Trinajstić information content (AvgIpc) is 2.77. The molecule has 2 aromatic rings. The zero-order valence-corrected chi connectivity index (χ0v) is 9.78. The van der Waals surface area contributed by atoms with E-state index in [2.05, 4.69) is 25.4 Å². The van der Waals surface area contributed by atoms with Crippen LogP contribution < -0.4 is 0 Å². The van der Waals surface area contributed by atoms with Crippen molar-refractivity contribution < 1.29 is 4.21 Å². The second kappa shape index (κ2) is 4.48. The third-order valence-corrected chi connectivity index (χ3v) is 2.85. The minimum atomic E-state index is -1.20. The molecule has 2 aromatic heterocycles. The van der Waals surface area contributed by atoms with Crippen LogP contribution in [0.15, 0.2) is 17.6 Å². The van der Waals surface area contributed by atoms with Gasteiger partial charge in [-0.3, -0.25) is 9.31 Å². The summed E-state index contributed by atoms with van der Waals surface area (Å²) in [6, 6.07) is 0. The molecule has 1 unspecified atom stereocenters. The smallest absolute Gasteiger partial charge is 0.239 e. The number of hydrogen-bond acceptors (Lipinski definition) is 5. The van der Waals surface area contributed by atoms with Crippen LogP contribution in [0.2, 0.25) is 0 Å². The first kappa shape index (κ1) is 10.9. The van der Waals surface area contributed by atoms with Crippen LogP contribution >= 0.6 is 0 Å². The molecule has 0 aromatic carbocycles. The summed E-state index contributed by atoms with van der Waals surface area (Å²) < 4.78 is 11.1. The second-order valence-corrected chi connectivity index (χ2v) is 4.47. The molecule has 0 radical (unpaired) electrons. The molecule has 1 N–H and O–H groups in total. The molecule has 2 rings (SSSR count). The Morgan fingerprint density at radius 2 is 2.19 bits per heavy atom. The van der Waals surface area contributed by atoms with Crippen molar-refractivity contribution in [3.8, 4) is 11.3 Å². The Labute approximate surface area is 95.0 Å². The van der Waals surface area contributed by atoms with E-state index in [4.69, 9.17) is 0 Å². The topological polar surface area (TPSA) is 84.4 Å². The number of aromatic nitrogens is 5. The molecular formula is C9H11N5OS. The van der Waals surface area contributed by atoms with Crippen molar-refractivity contribution in [2.75, 3.05) is 6.26 Å². The molecule has 0 amide bonds. The van der Waals surface area contributed by atoms with E-state index in [9.17, 15) is 4.21 Å². The van der Waals surface area contributed by atoms with Crippen LogP contribution in [0.5, 0.6) is 0 Å². The van der Waals surface area contributed by atoms with Gasteiger partial charge < -0.3 is 0 Å². The fraction of sp³-hybridized carbons (Fsp3) is 0.333. The van der Waals surface area contributed by atoms with Crippen molar-refractivity contribution in [3.63, 3.8) is 0 Å². The lowest BCUT2D eigenvalue weighted by Crippen LogP contribution is -2.00. The van der Waals surface area contributed by atoms with Crippen LogP contribution in [0.3, 0.4) is 0 Å². The maximum Gasteiger partial charge on any atom is 0.239 e. The number of aromatic amines is 1. The Hall–Kier alpha value is -1.63. The van der Waals surface area contributed by atoms with Gasteiger partial charge in [-0.2, -0.15) is 5.10 Å². The van der Waals surface area contributed by atoms with E-state index in [1.54, 1.807) is 12.4 Å². The van der Waals surface area contributed by atoms with Crippen LogP contribution in [0, 0.1) is 0 Å². The van der Waals surface area contributed by atoms with Gasteiger partial charge in [0.25, 0.3) is 0 Å². The van der Waals surface area contributed by atoms with E-state index in [1.807, 2.05) is 6.92 Å². The van der Waals surface area contributed by atoms with E-state index in [-0.39, 0.29) is 5.16 Å². The lowest BCUT2D eigenvalue weighted by atomic mass is 10.1. The van der Waals surface area contributed by atoms with E-state index in [0.29, 0.717) is 5.69 Å². The molecule has 2 heterocycles. The highest BCUT2D eigenvalue weighted by Gasteiger charge is 2.09. The number of nitrogens with zero attached hydrogens (tertiary/aromatic N) is 4. The normalized spacial score (nSPS) is 12.6. The van der Waals surface area contributed by atoms with Crippen LogP contribution in [-0.4, -0.2) is 35.8 Å². The SMILES string of the molecule is CCc1[nH]ncc1-c1cnc(S(C)=O)nn1.